The first kappa shape index (κ1) is 19.6. The third-order valence-electron chi connectivity index (χ3n) is 4.54. The monoisotopic (exact) mass is 383 g/mol. The molecule has 8 heteroatoms. The zero-order valence-corrected chi connectivity index (χ0v) is 15.3. The normalized spacial score (nSPS) is 16.1. The first-order valence-corrected chi connectivity index (χ1v) is 8.77. The SMILES string of the molecule is CN1CCC(F)(F)CC1.N#Cc1ccc(-n2cnc3cc(C=O)cnc32)cc1. The van der Waals surface area contributed by atoms with E-state index in [2.05, 4.69) is 16.0 Å². The Hall–Kier alpha value is -3.18. The van der Waals surface area contributed by atoms with Gasteiger partial charge in [-0.3, -0.25) is 9.36 Å². The van der Waals surface area contributed by atoms with Crippen LogP contribution in [0.1, 0.15) is 28.8 Å². The number of hydrogen-bond donors (Lipinski definition) is 0. The van der Waals surface area contributed by atoms with E-state index >= 15 is 0 Å². The Labute approximate surface area is 161 Å². The van der Waals surface area contributed by atoms with Crippen molar-refractivity contribution in [3.8, 4) is 11.8 Å². The number of nitrogens with zero attached hydrogens (tertiary/aromatic N) is 5. The molecule has 0 N–H and O–H groups in total. The third kappa shape index (κ3) is 4.56. The fourth-order valence-corrected chi connectivity index (χ4v) is 2.81. The molecule has 2 aromatic heterocycles. The Morgan fingerprint density at radius 3 is 2.43 bits per heavy atom. The summed E-state index contributed by atoms with van der Waals surface area (Å²) in [7, 11) is 1.87. The number of likely N-dealkylation sites (tertiary alicyclic amines) is 1. The number of fused-ring (bicyclic) bond motifs is 1. The van der Waals surface area contributed by atoms with Crippen LogP contribution < -0.4 is 0 Å². The van der Waals surface area contributed by atoms with Crippen LogP contribution in [0.2, 0.25) is 0 Å². The molecule has 144 valence electrons. The number of aldehydes is 1. The summed E-state index contributed by atoms with van der Waals surface area (Å²) in [6.07, 6.45) is 3.96. The highest BCUT2D eigenvalue weighted by atomic mass is 19.3. The molecule has 4 rings (SSSR count). The second-order valence-corrected chi connectivity index (χ2v) is 6.66. The van der Waals surface area contributed by atoms with E-state index < -0.39 is 5.92 Å². The molecule has 1 aromatic carbocycles. The van der Waals surface area contributed by atoms with E-state index in [1.165, 1.54) is 6.20 Å². The summed E-state index contributed by atoms with van der Waals surface area (Å²) in [6, 6.07) is 10.9. The van der Waals surface area contributed by atoms with Gasteiger partial charge >= 0.3 is 0 Å². The minimum Gasteiger partial charge on any atom is -0.306 e. The highest BCUT2D eigenvalue weighted by molar-refractivity contribution is 5.82. The Kier molecular flexibility index (Phi) is 5.76. The van der Waals surface area contributed by atoms with Gasteiger partial charge in [0.2, 0.25) is 0 Å². The Morgan fingerprint density at radius 2 is 1.86 bits per heavy atom. The van der Waals surface area contributed by atoms with Crippen LogP contribution in [0.15, 0.2) is 42.9 Å². The van der Waals surface area contributed by atoms with E-state index in [1.807, 2.05) is 28.6 Å². The number of carbonyl (C=O) groups excluding carboxylic acids is 1. The molecule has 0 spiro atoms. The third-order valence-corrected chi connectivity index (χ3v) is 4.54. The number of rotatable bonds is 2. The second kappa shape index (κ2) is 8.23. The van der Waals surface area contributed by atoms with Gasteiger partial charge in [0.05, 0.1) is 11.6 Å². The number of piperidine rings is 1. The molecule has 0 radical (unpaired) electrons. The molecule has 1 saturated heterocycles. The lowest BCUT2D eigenvalue weighted by atomic mass is 10.1. The Bertz CT molecular complexity index is 998. The standard InChI is InChI=1S/C14H8N4O.C6H11F2N/c15-6-10-1-3-12(4-2-10)18-9-17-13-5-11(8-19)7-16-14(13)18;1-9-4-2-6(7,8)3-5-9/h1-5,7-9H;2-5H2,1H3. The van der Waals surface area contributed by atoms with Crippen LogP contribution in [0.25, 0.3) is 16.9 Å². The van der Waals surface area contributed by atoms with Gasteiger partial charge in [-0.15, -0.1) is 0 Å². The maximum Gasteiger partial charge on any atom is 0.250 e. The van der Waals surface area contributed by atoms with Crippen molar-refractivity contribution in [3.63, 3.8) is 0 Å². The molecular weight excluding hydrogens is 364 g/mol. The summed E-state index contributed by atoms with van der Waals surface area (Å²) < 4.78 is 26.5. The quantitative estimate of drug-likeness (QED) is 0.634. The van der Waals surface area contributed by atoms with Crippen LogP contribution in [0, 0.1) is 11.3 Å². The van der Waals surface area contributed by atoms with Crippen molar-refractivity contribution in [3.05, 3.63) is 54.0 Å². The number of imidazole rings is 1. The summed E-state index contributed by atoms with van der Waals surface area (Å²) in [5.41, 5.74) is 3.30. The van der Waals surface area contributed by atoms with Gasteiger partial charge in [0.15, 0.2) is 11.9 Å². The van der Waals surface area contributed by atoms with Gasteiger partial charge in [-0.2, -0.15) is 5.26 Å². The largest absolute Gasteiger partial charge is 0.306 e. The summed E-state index contributed by atoms with van der Waals surface area (Å²) in [6.45, 7) is 1.07. The van der Waals surface area contributed by atoms with Crippen LogP contribution >= 0.6 is 0 Å². The van der Waals surface area contributed by atoms with Gasteiger partial charge < -0.3 is 4.90 Å². The van der Waals surface area contributed by atoms with Gasteiger partial charge in [0.1, 0.15) is 11.8 Å². The van der Waals surface area contributed by atoms with Gasteiger partial charge in [0.25, 0.3) is 5.92 Å². The van der Waals surface area contributed by atoms with Crippen molar-refractivity contribution in [2.75, 3.05) is 20.1 Å². The predicted octanol–water partition coefficient (Wildman–Crippen LogP) is 3.45. The number of alkyl halides is 2. The minimum atomic E-state index is -2.38. The van der Waals surface area contributed by atoms with E-state index in [0.717, 1.165) is 12.0 Å². The van der Waals surface area contributed by atoms with E-state index in [-0.39, 0.29) is 12.8 Å². The van der Waals surface area contributed by atoms with Gasteiger partial charge in [-0.25, -0.2) is 18.7 Å². The van der Waals surface area contributed by atoms with E-state index in [0.29, 0.717) is 35.4 Å². The number of nitriles is 1. The molecule has 0 aliphatic carbocycles. The topological polar surface area (TPSA) is 74.8 Å². The van der Waals surface area contributed by atoms with E-state index in [9.17, 15) is 13.6 Å². The molecule has 1 aliphatic heterocycles. The molecule has 0 bridgehead atoms. The summed E-state index contributed by atoms with van der Waals surface area (Å²) >= 11 is 0. The molecule has 6 nitrogen and oxygen atoms in total. The molecule has 1 aliphatic rings. The van der Waals surface area contributed by atoms with Crippen LogP contribution in [0.4, 0.5) is 8.78 Å². The highest BCUT2D eigenvalue weighted by Crippen LogP contribution is 2.26. The second-order valence-electron chi connectivity index (χ2n) is 6.66. The summed E-state index contributed by atoms with van der Waals surface area (Å²) in [5.74, 6) is -2.38. The number of aromatic nitrogens is 3. The lowest BCUT2D eigenvalue weighted by molar-refractivity contribution is -0.0504. The highest BCUT2D eigenvalue weighted by Gasteiger charge is 2.32. The molecular formula is C20H19F2N5O. The fraction of sp³-hybridized carbons (Fsp3) is 0.300. The van der Waals surface area contributed by atoms with Crippen LogP contribution in [0.5, 0.6) is 0 Å². The van der Waals surface area contributed by atoms with E-state index in [1.54, 1.807) is 24.5 Å². The summed E-state index contributed by atoms with van der Waals surface area (Å²) in [5, 5.41) is 8.77. The van der Waals surface area contributed by atoms with Crippen molar-refractivity contribution >= 4 is 17.5 Å². The zero-order chi connectivity index (χ0) is 20.1. The van der Waals surface area contributed by atoms with Crippen LogP contribution in [-0.2, 0) is 0 Å². The molecule has 0 unspecified atom stereocenters. The first-order valence-electron chi connectivity index (χ1n) is 8.77. The molecule has 1 fully saturated rings. The lowest BCUT2D eigenvalue weighted by Crippen LogP contribution is -2.36. The molecule has 3 aromatic rings. The predicted molar refractivity (Wildman–Crippen MR) is 101 cm³/mol. The number of carbonyl (C=O) groups is 1. The van der Waals surface area contributed by atoms with Gasteiger partial charge in [-0.1, -0.05) is 0 Å². The van der Waals surface area contributed by atoms with E-state index in [4.69, 9.17) is 5.26 Å². The molecule has 0 amide bonds. The molecule has 28 heavy (non-hydrogen) atoms. The number of hydrogen-bond acceptors (Lipinski definition) is 5. The Balaban J connectivity index is 0.000000211. The first-order chi connectivity index (χ1) is 13.4. The average molecular weight is 383 g/mol. The van der Waals surface area contributed by atoms with Crippen molar-refractivity contribution in [2.45, 2.75) is 18.8 Å². The smallest absolute Gasteiger partial charge is 0.250 e. The maximum atomic E-state index is 12.4. The number of pyridine rings is 1. The maximum absolute atomic E-state index is 12.4. The zero-order valence-electron chi connectivity index (χ0n) is 15.3. The molecule has 0 atom stereocenters. The molecule has 3 heterocycles. The van der Waals surface area contributed by atoms with Crippen molar-refractivity contribution in [1.82, 2.24) is 19.4 Å². The van der Waals surface area contributed by atoms with Crippen molar-refractivity contribution < 1.29 is 13.6 Å². The Morgan fingerprint density at radius 1 is 1.18 bits per heavy atom. The number of benzene rings is 1. The average Bonchev–Trinajstić information content (AvgIpc) is 3.14. The lowest BCUT2D eigenvalue weighted by Gasteiger charge is -2.28. The van der Waals surface area contributed by atoms with Crippen LogP contribution in [-0.4, -0.2) is 51.8 Å². The van der Waals surface area contributed by atoms with Gasteiger partial charge in [-0.05, 0) is 37.4 Å². The minimum absolute atomic E-state index is 0.0312. The fourth-order valence-electron chi connectivity index (χ4n) is 2.81. The number of halogens is 2. The van der Waals surface area contributed by atoms with Crippen molar-refractivity contribution in [1.29, 1.82) is 5.26 Å². The molecule has 0 saturated carbocycles. The van der Waals surface area contributed by atoms with Crippen LogP contribution in [0.3, 0.4) is 0 Å². The summed E-state index contributed by atoms with van der Waals surface area (Å²) in [4.78, 5) is 21.1. The van der Waals surface area contributed by atoms with Crippen molar-refractivity contribution in [2.24, 2.45) is 0 Å². The van der Waals surface area contributed by atoms with Gasteiger partial charge in [0, 0.05) is 43.4 Å².